The highest BCUT2D eigenvalue weighted by Gasteiger charge is 2.07. The lowest BCUT2D eigenvalue weighted by atomic mass is 10.3. The molecule has 2 aromatic heterocycles. The van der Waals surface area contributed by atoms with E-state index in [0.717, 1.165) is 19.2 Å². The normalized spacial score (nSPS) is 10.5. The first-order chi connectivity index (χ1) is 5.77. The monoisotopic (exact) mass is 310 g/mol. The van der Waals surface area contributed by atoms with E-state index in [4.69, 9.17) is 11.6 Å². The van der Waals surface area contributed by atoms with Crippen LogP contribution in [0.15, 0.2) is 17.6 Å². The van der Waals surface area contributed by atoms with Crippen molar-refractivity contribution >= 4 is 45.5 Å². The predicted molar refractivity (Wildman–Crippen MR) is 59.6 cm³/mol. The molecule has 0 bridgehead atoms. The molecule has 2 nitrogen and oxygen atoms in total. The number of aromatic amines is 1. The minimum absolute atomic E-state index is 0.772. The zero-order valence-corrected chi connectivity index (χ0v) is 9.57. The summed E-state index contributed by atoms with van der Waals surface area (Å²) in [5, 5.41) is 9.61. The first-order valence-electron chi connectivity index (χ1n) is 3.21. The summed E-state index contributed by atoms with van der Waals surface area (Å²) in [6.07, 6.45) is 1.86. The molecule has 62 valence electrons. The molecule has 5 heteroatoms. The van der Waals surface area contributed by atoms with E-state index in [-0.39, 0.29) is 0 Å². The SMILES string of the molecule is Clc1csc(-c2n[nH]cc2I)c1. The molecule has 0 aliphatic carbocycles. The van der Waals surface area contributed by atoms with Gasteiger partial charge in [0, 0.05) is 11.6 Å². The Morgan fingerprint density at radius 2 is 2.42 bits per heavy atom. The summed E-state index contributed by atoms with van der Waals surface area (Å²) in [4.78, 5) is 1.10. The van der Waals surface area contributed by atoms with Gasteiger partial charge in [0.25, 0.3) is 0 Å². The van der Waals surface area contributed by atoms with Crippen molar-refractivity contribution in [3.05, 3.63) is 26.2 Å². The number of hydrogen-bond donors (Lipinski definition) is 1. The molecule has 0 radical (unpaired) electrons. The third kappa shape index (κ3) is 1.51. The van der Waals surface area contributed by atoms with Crippen LogP contribution in [0.3, 0.4) is 0 Å². The van der Waals surface area contributed by atoms with Gasteiger partial charge >= 0.3 is 0 Å². The van der Waals surface area contributed by atoms with E-state index >= 15 is 0 Å². The molecule has 0 aliphatic heterocycles. The van der Waals surface area contributed by atoms with Crippen molar-refractivity contribution in [3.8, 4) is 10.6 Å². The second-order valence-electron chi connectivity index (χ2n) is 2.21. The van der Waals surface area contributed by atoms with Gasteiger partial charge in [0.15, 0.2) is 0 Å². The molecule has 0 unspecified atom stereocenters. The second-order valence-corrected chi connectivity index (χ2v) is 4.72. The van der Waals surface area contributed by atoms with Crippen LogP contribution in [0.5, 0.6) is 0 Å². The summed E-state index contributed by atoms with van der Waals surface area (Å²) in [6.45, 7) is 0. The van der Waals surface area contributed by atoms with E-state index in [1.807, 2.05) is 17.6 Å². The molecule has 1 N–H and O–H groups in total. The summed E-state index contributed by atoms with van der Waals surface area (Å²) in [7, 11) is 0. The Morgan fingerprint density at radius 3 is 2.92 bits per heavy atom. The van der Waals surface area contributed by atoms with Crippen molar-refractivity contribution in [3.63, 3.8) is 0 Å². The van der Waals surface area contributed by atoms with Crippen molar-refractivity contribution in [2.75, 3.05) is 0 Å². The highest BCUT2D eigenvalue weighted by molar-refractivity contribution is 14.1. The molecule has 2 heterocycles. The van der Waals surface area contributed by atoms with E-state index in [0.29, 0.717) is 0 Å². The summed E-state index contributed by atoms with van der Waals surface area (Å²) in [5.74, 6) is 0. The van der Waals surface area contributed by atoms with Crippen molar-refractivity contribution in [2.24, 2.45) is 0 Å². The summed E-state index contributed by atoms with van der Waals surface area (Å²) < 4.78 is 1.12. The Hall–Kier alpha value is -0.0700. The topological polar surface area (TPSA) is 28.7 Å². The fourth-order valence-corrected chi connectivity index (χ4v) is 2.70. The van der Waals surface area contributed by atoms with Crippen LogP contribution in [0.25, 0.3) is 10.6 Å². The first kappa shape index (κ1) is 8.52. The third-order valence-corrected chi connectivity index (χ3v) is 3.50. The lowest BCUT2D eigenvalue weighted by Gasteiger charge is -1.88. The number of aromatic nitrogens is 2. The largest absolute Gasteiger partial charge is 0.284 e. The van der Waals surface area contributed by atoms with Crippen molar-refractivity contribution < 1.29 is 0 Å². The number of nitrogens with one attached hydrogen (secondary N) is 1. The number of rotatable bonds is 1. The number of H-pyrrole nitrogens is 1. The number of nitrogens with zero attached hydrogens (tertiary/aromatic N) is 1. The fourth-order valence-electron chi connectivity index (χ4n) is 0.885. The lowest BCUT2D eigenvalue weighted by molar-refractivity contribution is 1.10. The van der Waals surface area contributed by atoms with E-state index in [9.17, 15) is 0 Å². The molecule has 2 rings (SSSR count). The van der Waals surface area contributed by atoms with Crippen LogP contribution in [-0.2, 0) is 0 Å². The van der Waals surface area contributed by atoms with Gasteiger partial charge in [-0.05, 0) is 28.7 Å². The predicted octanol–water partition coefficient (Wildman–Crippen LogP) is 3.40. The average Bonchev–Trinajstić information content (AvgIpc) is 2.58. The van der Waals surface area contributed by atoms with Crippen LogP contribution in [0, 0.1) is 3.57 Å². The van der Waals surface area contributed by atoms with Gasteiger partial charge in [0.2, 0.25) is 0 Å². The van der Waals surface area contributed by atoms with Crippen LogP contribution in [0.1, 0.15) is 0 Å². The van der Waals surface area contributed by atoms with Crippen LogP contribution in [0.4, 0.5) is 0 Å². The van der Waals surface area contributed by atoms with E-state index < -0.39 is 0 Å². The van der Waals surface area contributed by atoms with Crippen LogP contribution < -0.4 is 0 Å². The number of hydrogen-bond acceptors (Lipinski definition) is 2. The third-order valence-electron chi connectivity index (χ3n) is 1.39. The molecular weight excluding hydrogens is 307 g/mol. The summed E-state index contributed by atoms with van der Waals surface area (Å²) in [6, 6.07) is 1.92. The first-order valence-corrected chi connectivity index (χ1v) is 5.54. The summed E-state index contributed by atoms with van der Waals surface area (Å²) in [5.41, 5.74) is 0.979. The van der Waals surface area contributed by atoms with Gasteiger partial charge in [-0.3, -0.25) is 5.10 Å². The van der Waals surface area contributed by atoms with Gasteiger partial charge in [-0.2, -0.15) is 5.10 Å². The zero-order valence-electron chi connectivity index (χ0n) is 5.84. The van der Waals surface area contributed by atoms with Crippen molar-refractivity contribution in [1.82, 2.24) is 10.2 Å². The van der Waals surface area contributed by atoms with Crippen LogP contribution >= 0.6 is 45.5 Å². The summed E-state index contributed by atoms with van der Waals surface area (Å²) >= 11 is 9.64. The van der Waals surface area contributed by atoms with E-state index in [1.54, 1.807) is 11.3 Å². The molecule has 12 heavy (non-hydrogen) atoms. The van der Waals surface area contributed by atoms with Gasteiger partial charge in [-0.25, -0.2) is 0 Å². The lowest BCUT2D eigenvalue weighted by Crippen LogP contribution is -1.73. The smallest absolute Gasteiger partial charge is 0.115 e. The van der Waals surface area contributed by atoms with E-state index in [2.05, 4.69) is 32.8 Å². The quantitative estimate of drug-likeness (QED) is 0.804. The van der Waals surface area contributed by atoms with Gasteiger partial charge in [-0.1, -0.05) is 11.6 Å². The Kier molecular flexibility index (Phi) is 2.38. The molecule has 0 atom stereocenters. The molecule has 0 saturated heterocycles. The minimum Gasteiger partial charge on any atom is -0.284 e. The maximum atomic E-state index is 5.80. The maximum Gasteiger partial charge on any atom is 0.115 e. The average molecular weight is 311 g/mol. The maximum absolute atomic E-state index is 5.80. The molecule has 0 spiro atoms. The fraction of sp³-hybridized carbons (Fsp3) is 0. The van der Waals surface area contributed by atoms with Gasteiger partial charge < -0.3 is 0 Å². The minimum atomic E-state index is 0.772. The van der Waals surface area contributed by atoms with Crippen LogP contribution in [-0.4, -0.2) is 10.2 Å². The van der Waals surface area contributed by atoms with Crippen molar-refractivity contribution in [2.45, 2.75) is 0 Å². The molecule has 2 aromatic rings. The van der Waals surface area contributed by atoms with Crippen molar-refractivity contribution in [1.29, 1.82) is 0 Å². The number of thiophene rings is 1. The van der Waals surface area contributed by atoms with Gasteiger partial charge in [0.1, 0.15) is 5.69 Å². The Morgan fingerprint density at radius 1 is 1.58 bits per heavy atom. The van der Waals surface area contributed by atoms with Gasteiger partial charge in [-0.15, -0.1) is 11.3 Å². The van der Waals surface area contributed by atoms with Crippen LogP contribution in [0.2, 0.25) is 5.02 Å². The highest BCUT2D eigenvalue weighted by Crippen LogP contribution is 2.30. The highest BCUT2D eigenvalue weighted by atomic mass is 127. The molecule has 0 amide bonds. The Bertz CT molecular complexity index is 396. The van der Waals surface area contributed by atoms with E-state index in [1.165, 1.54) is 0 Å². The second kappa shape index (κ2) is 3.35. The Labute approximate surface area is 92.1 Å². The molecule has 0 saturated carbocycles. The Balaban J connectivity index is 2.50. The molecule has 0 aromatic carbocycles. The zero-order chi connectivity index (χ0) is 8.55. The molecule has 0 fully saturated rings. The molecule has 0 aliphatic rings. The number of halogens is 2. The molecular formula is C7H4ClIN2S. The van der Waals surface area contributed by atoms with Gasteiger partial charge in [0.05, 0.1) is 13.5 Å². The standard InChI is InChI=1S/C7H4ClIN2S/c8-4-1-6(12-3-4)7-5(9)2-10-11-7/h1-3H,(H,10,11).